The number of rotatable bonds is 4. The number of fused-ring (bicyclic) bond motifs is 1. The number of pyridine rings is 1. The van der Waals surface area contributed by atoms with Crippen LogP contribution in [0.2, 0.25) is 0 Å². The number of aromatic nitrogens is 1. The molecule has 0 spiro atoms. The number of hydrogen-bond donors (Lipinski definition) is 1. The predicted octanol–water partition coefficient (Wildman–Crippen LogP) is 2.63. The van der Waals surface area contributed by atoms with Gasteiger partial charge in [-0.1, -0.05) is 0 Å². The summed E-state index contributed by atoms with van der Waals surface area (Å²) in [5.74, 6) is 1.27. The van der Waals surface area contributed by atoms with Crippen molar-refractivity contribution >= 4 is 10.9 Å². The molecule has 1 heterocycles. The number of H-pyrrole nitrogens is 1. The van der Waals surface area contributed by atoms with Crippen molar-refractivity contribution in [1.29, 1.82) is 0 Å². The summed E-state index contributed by atoms with van der Waals surface area (Å²) in [6.07, 6.45) is 0. The van der Waals surface area contributed by atoms with E-state index in [1.165, 1.54) is 0 Å². The average molecular weight is 247 g/mol. The third kappa shape index (κ3) is 2.32. The van der Waals surface area contributed by atoms with Gasteiger partial charge < -0.3 is 14.5 Å². The maximum absolute atomic E-state index is 11.9. The lowest BCUT2D eigenvalue weighted by molar-refractivity contribution is 0.288. The molecule has 1 N–H and O–H groups in total. The van der Waals surface area contributed by atoms with Crippen molar-refractivity contribution in [1.82, 2.24) is 4.98 Å². The van der Waals surface area contributed by atoms with Crippen LogP contribution in [0.3, 0.4) is 0 Å². The van der Waals surface area contributed by atoms with Crippen LogP contribution in [0, 0.1) is 6.92 Å². The molecule has 0 saturated carbocycles. The Hall–Kier alpha value is -1.97. The quantitative estimate of drug-likeness (QED) is 0.903. The van der Waals surface area contributed by atoms with E-state index in [0.29, 0.717) is 30.1 Å². The molecule has 4 nitrogen and oxygen atoms in total. The van der Waals surface area contributed by atoms with E-state index in [4.69, 9.17) is 9.47 Å². The molecule has 96 valence electrons. The largest absolute Gasteiger partial charge is 0.490 e. The molecule has 0 saturated heterocycles. The second-order valence-electron chi connectivity index (χ2n) is 4.03. The molecule has 18 heavy (non-hydrogen) atoms. The highest BCUT2D eigenvalue weighted by atomic mass is 16.5. The fourth-order valence-electron chi connectivity index (χ4n) is 1.93. The van der Waals surface area contributed by atoms with Gasteiger partial charge >= 0.3 is 0 Å². The lowest BCUT2D eigenvalue weighted by atomic mass is 10.1. The Morgan fingerprint density at radius 2 is 1.67 bits per heavy atom. The minimum atomic E-state index is -0.00903. The van der Waals surface area contributed by atoms with E-state index in [1.807, 2.05) is 26.8 Å². The zero-order valence-electron chi connectivity index (χ0n) is 10.9. The van der Waals surface area contributed by atoms with Gasteiger partial charge in [0.1, 0.15) is 0 Å². The molecule has 4 heteroatoms. The number of nitrogens with one attached hydrogen (secondary N) is 1. The van der Waals surface area contributed by atoms with Crippen molar-refractivity contribution in [3.05, 3.63) is 34.1 Å². The summed E-state index contributed by atoms with van der Waals surface area (Å²) in [4.78, 5) is 15.1. The molecule has 2 rings (SSSR count). The average Bonchev–Trinajstić information content (AvgIpc) is 2.31. The molecule has 0 aliphatic rings. The molecule has 0 radical (unpaired) electrons. The maximum atomic E-state index is 11.9. The number of aryl methyl sites for hydroxylation is 1. The zero-order valence-corrected chi connectivity index (χ0v) is 10.9. The molecule has 0 fully saturated rings. The summed E-state index contributed by atoms with van der Waals surface area (Å²) >= 11 is 0. The first-order valence-corrected chi connectivity index (χ1v) is 6.09. The fourth-order valence-corrected chi connectivity index (χ4v) is 1.93. The third-order valence-electron chi connectivity index (χ3n) is 2.63. The molecule has 2 aromatic rings. The van der Waals surface area contributed by atoms with Crippen molar-refractivity contribution in [2.24, 2.45) is 0 Å². The molecule has 0 unspecified atom stereocenters. The van der Waals surface area contributed by atoms with E-state index < -0.39 is 0 Å². The highest BCUT2D eigenvalue weighted by Crippen LogP contribution is 2.30. The Kier molecular flexibility index (Phi) is 3.55. The molecule has 1 aromatic heterocycles. The summed E-state index contributed by atoms with van der Waals surface area (Å²) in [7, 11) is 0. The van der Waals surface area contributed by atoms with Gasteiger partial charge in [0.05, 0.1) is 18.7 Å². The summed E-state index contributed by atoms with van der Waals surface area (Å²) in [6, 6.07) is 5.14. The van der Waals surface area contributed by atoms with Crippen LogP contribution >= 0.6 is 0 Å². The molecule has 1 aromatic carbocycles. The van der Waals surface area contributed by atoms with Gasteiger partial charge in [-0.15, -0.1) is 0 Å². The molecular weight excluding hydrogens is 230 g/mol. The van der Waals surface area contributed by atoms with Gasteiger partial charge in [0.2, 0.25) is 0 Å². The second-order valence-corrected chi connectivity index (χ2v) is 4.03. The highest BCUT2D eigenvalue weighted by molar-refractivity contribution is 5.82. The van der Waals surface area contributed by atoms with E-state index in [0.717, 1.165) is 11.2 Å². The Labute approximate surface area is 106 Å². The van der Waals surface area contributed by atoms with Crippen LogP contribution in [-0.4, -0.2) is 18.2 Å². The van der Waals surface area contributed by atoms with E-state index in [9.17, 15) is 4.79 Å². The van der Waals surface area contributed by atoms with Crippen LogP contribution in [0.1, 0.15) is 19.5 Å². The lowest BCUT2D eigenvalue weighted by Crippen LogP contribution is -2.05. The summed E-state index contributed by atoms with van der Waals surface area (Å²) in [5, 5.41) is 0.618. The van der Waals surface area contributed by atoms with Crippen molar-refractivity contribution in [2.45, 2.75) is 20.8 Å². The van der Waals surface area contributed by atoms with Gasteiger partial charge in [-0.25, -0.2) is 0 Å². The third-order valence-corrected chi connectivity index (χ3v) is 2.63. The predicted molar refractivity (Wildman–Crippen MR) is 71.6 cm³/mol. The second kappa shape index (κ2) is 5.12. The zero-order chi connectivity index (χ0) is 13.1. The standard InChI is InChI=1S/C14H17NO3/c1-4-17-13-7-10-11(8-14(13)18-5-2)15-9(3)6-12(10)16/h6-8H,4-5H2,1-3H3,(H,15,16). The first-order chi connectivity index (χ1) is 8.65. The van der Waals surface area contributed by atoms with Crippen molar-refractivity contribution < 1.29 is 9.47 Å². The molecule has 0 aliphatic heterocycles. The van der Waals surface area contributed by atoms with Crippen molar-refractivity contribution in [3.63, 3.8) is 0 Å². The Morgan fingerprint density at radius 3 is 2.28 bits per heavy atom. The monoisotopic (exact) mass is 247 g/mol. The smallest absolute Gasteiger partial charge is 0.189 e. The molecule has 0 bridgehead atoms. The van der Waals surface area contributed by atoms with Crippen LogP contribution in [0.25, 0.3) is 10.9 Å². The first-order valence-electron chi connectivity index (χ1n) is 6.09. The fraction of sp³-hybridized carbons (Fsp3) is 0.357. The summed E-state index contributed by atoms with van der Waals surface area (Å²) in [6.45, 7) is 6.77. The Bertz CT molecular complexity index is 616. The van der Waals surface area contributed by atoms with Crippen LogP contribution in [-0.2, 0) is 0 Å². The normalized spacial score (nSPS) is 10.6. The molecule has 0 atom stereocenters. The van der Waals surface area contributed by atoms with E-state index in [-0.39, 0.29) is 5.43 Å². The van der Waals surface area contributed by atoms with Gasteiger partial charge in [-0.2, -0.15) is 0 Å². The van der Waals surface area contributed by atoms with E-state index >= 15 is 0 Å². The van der Waals surface area contributed by atoms with Crippen LogP contribution < -0.4 is 14.9 Å². The first kappa shape index (κ1) is 12.5. The maximum Gasteiger partial charge on any atom is 0.189 e. The Morgan fingerprint density at radius 1 is 1.06 bits per heavy atom. The van der Waals surface area contributed by atoms with Crippen LogP contribution in [0.15, 0.2) is 23.0 Å². The summed E-state index contributed by atoms with van der Waals surface area (Å²) < 4.78 is 11.0. The van der Waals surface area contributed by atoms with Crippen LogP contribution in [0.4, 0.5) is 0 Å². The molecule has 0 amide bonds. The molecule has 0 aliphatic carbocycles. The lowest BCUT2D eigenvalue weighted by Gasteiger charge is -2.12. The number of aromatic amines is 1. The summed E-state index contributed by atoms with van der Waals surface area (Å²) in [5.41, 5.74) is 1.59. The van der Waals surface area contributed by atoms with Crippen molar-refractivity contribution in [3.8, 4) is 11.5 Å². The topological polar surface area (TPSA) is 51.3 Å². The highest BCUT2D eigenvalue weighted by Gasteiger charge is 2.09. The van der Waals surface area contributed by atoms with E-state index in [2.05, 4.69) is 4.98 Å². The Balaban J connectivity index is 2.67. The minimum absolute atomic E-state index is 0.00903. The van der Waals surface area contributed by atoms with Gasteiger partial charge in [0.25, 0.3) is 0 Å². The molecular formula is C14H17NO3. The minimum Gasteiger partial charge on any atom is -0.490 e. The van der Waals surface area contributed by atoms with E-state index in [1.54, 1.807) is 12.1 Å². The van der Waals surface area contributed by atoms with Gasteiger partial charge in [0, 0.05) is 23.2 Å². The van der Waals surface area contributed by atoms with Crippen LogP contribution in [0.5, 0.6) is 11.5 Å². The van der Waals surface area contributed by atoms with Gasteiger partial charge in [-0.3, -0.25) is 4.79 Å². The SMILES string of the molecule is CCOc1cc2[nH]c(C)cc(=O)c2cc1OCC. The number of benzene rings is 1. The number of hydrogen-bond acceptors (Lipinski definition) is 3. The number of ether oxygens (including phenoxy) is 2. The van der Waals surface area contributed by atoms with Gasteiger partial charge in [-0.05, 0) is 26.8 Å². The van der Waals surface area contributed by atoms with Crippen molar-refractivity contribution in [2.75, 3.05) is 13.2 Å². The van der Waals surface area contributed by atoms with Gasteiger partial charge in [0.15, 0.2) is 16.9 Å².